The topological polar surface area (TPSA) is 135 Å². The SMILES string of the molecule is COc1cc(/C=C2\C(=O)NC(=O)N(c3ccc(Br)cc3)C2=O)ccc1OCc1ccc(C(=O)O)o1. The number of nitrogens with zero attached hydrogens (tertiary/aromatic N) is 1. The molecule has 2 heterocycles. The number of urea groups is 1. The van der Waals surface area contributed by atoms with Gasteiger partial charge in [0.15, 0.2) is 11.5 Å². The average molecular weight is 541 g/mol. The largest absolute Gasteiger partial charge is 0.493 e. The first-order valence-corrected chi connectivity index (χ1v) is 10.9. The molecule has 3 aromatic rings. The summed E-state index contributed by atoms with van der Waals surface area (Å²) in [5.41, 5.74) is 0.517. The van der Waals surface area contributed by atoms with Gasteiger partial charge in [0, 0.05) is 4.47 Å². The second kappa shape index (κ2) is 9.85. The van der Waals surface area contributed by atoms with Crippen LogP contribution in [0.4, 0.5) is 10.5 Å². The molecule has 178 valence electrons. The molecule has 11 heteroatoms. The summed E-state index contributed by atoms with van der Waals surface area (Å²) in [5.74, 6) is -2.05. The number of benzene rings is 2. The summed E-state index contributed by atoms with van der Waals surface area (Å²) in [6, 6.07) is 13.2. The fourth-order valence-electron chi connectivity index (χ4n) is 3.26. The van der Waals surface area contributed by atoms with Gasteiger partial charge >= 0.3 is 12.0 Å². The number of methoxy groups -OCH3 is 1. The van der Waals surface area contributed by atoms with Gasteiger partial charge in [0.1, 0.15) is 17.9 Å². The lowest BCUT2D eigenvalue weighted by Crippen LogP contribution is -2.54. The van der Waals surface area contributed by atoms with Crippen LogP contribution in [0.15, 0.2) is 69.1 Å². The molecule has 1 fully saturated rings. The number of aromatic carboxylic acids is 1. The van der Waals surface area contributed by atoms with Gasteiger partial charge < -0.3 is 19.0 Å². The first-order chi connectivity index (χ1) is 16.8. The Morgan fingerprint density at radius 2 is 1.83 bits per heavy atom. The van der Waals surface area contributed by atoms with Gasteiger partial charge in [0.2, 0.25) is 5.76 Å². The highest BCUT2D eigenvalue weighted by Crippen LogP contribution is 2.31. The van der Waals surface area contributed by atoms with Gasteiger partial charge in [-0.05, 0) is 60.2 Å². The first kappa shape index (κ1) is 23.8. The number of carboxylic acid groups (broad SMARTS) is 1. The maximum Gasteiger partial charge on any atom is 0.371 e. The third kappa shape index (κ3) is 5.09. The van der Waals surface area contributed by atoms with Crippen molar-refractivity contribution in [2.24, 2.45) is 0 Å². The standard InChI is InChI=1S/C24H17BrN2O8/c1-33-20-11-13(2-8-18(20)34-12-16-7-9-19(35-16)23(30)31)10-17-21(28)26-24(32)27(22(17)29)15-5-3-14(25)4-6-15/h2-11H,12H2,1H3,(H,30,31)(H,26,28,32)/b17-10+. The summed E-state index contributed by atoms with van der Waals surface area (Å²) in [5, 5.41) is 11.1. The second-order valence-corrected chi connectivity index (χ2v) is 8.12. The number of hydrogen-bond acceptors (Lipinski definition) is 7. The average Bonchev–Trinajstić information content (AvgIpc) is 3.31. The Labute approximate surface area is 206 Å². The van der Waals surface area contributed by atoms with E-state index in [4.69, 9.17) is 19.0 Å². The Bertz CT molecular complexity index is 1360. The first-order valence-electron chi connectivity index (χ1n) is 10.1. The highest BCUT2D eigenvalue weighted by molar-refractivity contribution is 9.10. The Kier molecular flexibility index (Phi) is 6.69. The lowest BCUT2D eigenvalue weighted by Gasteiger charge is -2.26. The van der Waals surface area contributed by atoms with E-state index in [1.165, 1.54) is 25.3 Å². The van der Waals surface area contributed by atoms with E-state index in [0.717, 1.165) is 9.37 Å². The molecule has 2 aromatic carbocycles. The van der Waals surface area contributed by atoms with E-state index in [-0.39, 0.29) is 17.9 Å². The highest BCUT2D eigenvalue weighted by atomic mass is 79.9. The molecule has 1 saturated heterocycles. The number of carbonyl (C=O) groups excluding carboxylic acids is 3. The normalized spacial score (nSPS) is 14.7. The van der Waals surface area contributed by atoms with Crippen LogP contribution in [-0.4, -0.2) is 36.0 Å². The molecule has 0 atom stereocenters. The Morgan fingerprint density at radius 3 is 2.49 bits per heavy atom. The smallest absolute Gasteiger partial charge is 0.371 e. The van der Waals surface area contributed by atoms with Crippen molar-refractivity contribution in [3.05, 3.63) is 81.7 Å². The minimum atomic E-state index is -1.19. The monoisotopic (exact) mass is 540 g/mol. The van der Waals surface area contributed by atoms with Gasteiger partial charge in [0.05, 0.1) is 12.8 Å². The Balaban J connectivity index is 1.57. The zero-order valence-corrected chi connectivity index (χ0v) is 19.7. The lowest BCUT2D eigenvalue weighted by atomic mass is 10.1. The van der Waals surface area contributed by atoms with Gasteiger partial charge in [-0.1, -0.05) is 22.0 Å². The molecule has 1 aliphatic heterocycles. The highest BCUT2D eigenvalue weighted by Gasteiger charge is 2.36. The number of ether oxygens (including phenoxy) is 2. The van der Waals surface area contributed by atoms with Gasteiger partial charge in [-0.25, -0.2) is 14.5 Å². The Hall–Kier alpha value is -4.38. The van der Waals surface area contributed by atoms with Crippen LogP contribution in [0.5, 0.6) is 11.5 Å². The van der Waals surface area contributed by atoms with Crippen LogP contribution in [0.2, 0.25) is 0 Å². The lowest BCUT2D eigenvalue weighted by molar-refractivity contribution is -0.122. The van der Waals surface area contributed by atoms with Gasteiger partial charge in [-0.2, -0.15) is 0 Å². The van der Waals surface area contributed by atoms with Crippen molar-refractivity contribution in [1.29, 1.82) is 0 Å². The molecule has 10 nitrogen and oxygen atoms in total. The number of furan rings is 1. The van der Waals surface area contributed by atoms with Crippen LogP contribution in [0.3, 0.4) is 0 Å². The molecule has 1 aliphatic rings. The van der Waals surface area contributed by atoms with Crippen molar-refractivity contribution in [2.75, 3.05) is 12.0 Å². The quantitative estimate of drug-likeness (QED) is 0.339. The van der Waals surface area contributed by atoms with Crippen LogP contribution in [0, 0.1) is 0 Å². The number of nitrogens with one attached hydrogen (secondary N) is 1. The number of halogens is 1. The second-order valence-electron chi connectivity index (χ2n) is 7.20. The summed E-state index contributed by atoms with van der Waals surface area (Å²) in [4.78, 5) is 49.6. The van der Waals surface area contributed by atoms with Crippen molar-refractivity contribution in [3.63, 3.8) is 0 Å². The zero-order valence-electron chi connectivity index (χ0n) is 18.1. The van der Waals surface area contributed by atoms with E-state index in [0.29, 0.717) is 28.5 Å². The number of barbiturate groups is 1. The maximum atomic E-state index is 13.0. The molecule has 4 amide bonds. The molecule has 0 radical (unpaired) electrons. The number of rotatable bonds is 7. The maximum absolute atomic E-state index is 13.0. The Morgan fingerprint density at radius 1 is 1.09 bits per heavy atom. The van der Waals surface area contributed by atoms with E-state index in [1.807, 2.05) is 0 Å². The molecule has 2 N–H and O–H groups in total. The number of amides is 4. The van der Waals surface area contributed by atoms with Crippen LogP contribution < -0.4 is 19.7 Å². The van der Waals surface area contributed by atoms with E-state index in [9.17, 15) is 19.2 Å². The molecular formula is C24H17BrN2O8. The van der Waals surface area contributed by atoms with Crippen LogP contribution in [0.1, 0.15) is 21.9 Å². The summed E-state index contributed by atoms with van der Waals surface area (Å²) in [7, 11) is 1.42. The van der Waals surface area contributed by atoms with Crippen LogP contribution >= 0.6 is 15.9 Å². The number of imide groups is 2. The van der Waals surface area contributed by atoms with Crippen LogP contribution in [0.25, 0.3) is 6.08 Å². The minimum Gasteiger partial charge on any atom is -0.493 e. The van der Waals surface area contributed by atoms with E-state index in [1.54, 1.807) is 42.5 Å². The molecular weight excluding hydrogens is 524 g/mol. The van der Waals surface area contributed by atoms with Crippen molar-refractivity contribution in [3.8, 4) is 11.5 Å². The van der Waals surface area contributed by atoms with Gasteiger partial charge in [0.25, 0.3) is 11.8 Å². The molecule has 0 aliphatic carbocycles. The third-order valence-electron chi connectivity index (χ3n) is 4.93. The number of carbonyl (C=O) groups is 4. The summed E-state index contributed by atoms with van der Waals surface area (Å²) in [6.07, 6.45) is 1.34. The van der Waals surface area contributed by atoms with Gasteiger partial charge in [-0.15, -0.1) is 0 Å². The van der Waals surface area contributed by atoms with Crippen molar-refractivity contribution >= 4 is 51.5 Å². The van der Waals surface area contributed by atoms with E-state index >= 15 is 0 Å². The molecule has 0 unspecified atom stereocenters. The summed E-state index contributed by atoms with van der Waals surface area (Å²) >= 11 is 3.30. The van der Waals surface area contributed by atoms with E-state index in [2.05, 4.69) is 21.2 Å². The number of anilines is 1. The van der Waals surface area contributed by atoms with Crippen molar-refractivity contribution in [1.82, 2.24) is 5.32 Å². The predicted molar refractivity (Wildman–Crippen MR) is 126 cm³/mol. The molecule has 35 heavy (non-hydrogen) atoms. The summed E-state index contributed by atoms with van der Waals surface area (Å²) in [6.45, 7) is -0.0464. The molecule has 1 aromatic heterocycles. The fourth-order valence-corrected chi connectivity index (χ4v) is 3.53. The molecule has 0 saturated carbocycles. The number of carboxylic acids is 1. The number of hydrogen-bond donors (Lipinski definition) is 2. The fraction of sp³-hybridized carbons (Fsp3) is 0.0833. The third-order valence-corrected chi connectivity index (χ3v) is 5.46. The summed E-state index contributed by atoms with van der Waals surface area (Å²) < 4.78 is 16.9. The van der Waals surface area contributed by atoms with Crippen molar-refractivity contribution in [2.45, 2.75) is 6.61 Å². The molecule has 0 bridgehead atoms. The molecule has 4 rings (SSSR count). The van der Waals surface area contributed by atoms with Crippen LogP contribution in [-0.2, 0) is 16.2 Å². The van der Waals surface area contributed by atoms with Gasteiger partial charge in [-0.3, -0.25) is 14.9 Å². The van der Waals surface area contributed by atoms with Crippen molar-refractivity contribution < 1.29 is 38.2 Å². The molecule has 0 spiro atoms. The zero-order chi connectivity index (χ0) is 25.1. The minimum absolute atomic E-state index is 0.0464. The predicted octanol–water partition coefficient (Wildman–Crippen LogP) is 3.99. The van der Waals surface area contributed by atoms with E-state index < -0.39 is 23.8 Å².